The molecule has 0 bridgehead atoms. The summed E-state index contributed by atoms with van der Waals surface area (Å²) in [4.78, 5) is 17.6. The Kier molecular flexibility index (Phi) is 11.5. The van der Waals surface area contributed by atoms with E-state index in [0.717, 1.165) is 0 Å². The van der Waals surface area contributed by atoms with E-state index in [2.05, 4.69) is 10.2 Å². The second kappa shape index (κ2) is 11.8. The Bertz CT molecular complexity index is 444. The fourth-order valence-corrected chi connectivity index (χ4v) is 0.497. The predicted molar refractivity (Wildman–Crippen MR) is 61.2 cm³/mol. The lowest BCUT2D eigenvalue weighted by molar-refractivity contribution is -0.590. The summed E-state index contributed by atoms with van der Waals surface area (Å²) < 4.78 is 63.1. The molecule has 136 valence electrons. The van der Waals surface area contributed by atoms with Crippen LogP contribution < -0.4 is 21.1 Å². The quantitative estimate of drug-likeness (QED) is 0.344. The number of rotatable bonds is 0. The lowest BCUT2D eigenvalue weighted by Gasteiger charge is -2.03. The number of halogens is 6. The van der Waals surface area contributed by atoms with Gasteiger partial charge in [0.25, 0.3) is 0 Å². The molecule has 2 heterocycles. The fourth-order valence-electron chi connectivity index (χ4n) is 0.497. The van der Waals surface area contributed by atoms with Gasteiger partial charge in [-0.3, -0.25) is 0 Å². The van der Waals surface area contributed by atoms with E-state index in [1.165, 1.54) is 0 Å². The highest BCUT2D eigenvalue weighted by Crippen LogP contribution is 2.12. The van der Waals surface area contributed by atoms with Crippen LogP contribution in [0.2, 0.25) is 0 Å². The zero-order valence-electron chi connectivity index (χ0n) is 11.4. The third-order valence-corrected chi connectivity index (χ3v) is 1.37. The molecular weight excluding hydrogens is 354 g/mol. The van der Waals surface area contributed by atoms with Crippen LogP contribution in [0.3, 0.4) is 0 Å². The number of hydrogen-bond acceptors (Lipinski definition) is 6. The van der Waals surface area contributed by atoms with Crippen LogP contribution in [0.25, 0.3) is 0 Å². The van der Waals surface area contributed by atoms with E-state index < -0.39 is 24.3 Å². The average Bonchev–Trinajstić information content (AvgIpc) is 3.16. The summed E-state index contributed by atoms with van der Waals surface area (Å²) in [6.07, 6.45) is 0.667. The first kappa shape index (κ1) is 23.5. The van der Waals surface area contributed by atoms with Gasteiger partial charge in [-0.05, 0) is 0 Å². The highest BCUT2D eigenvalue weighted by molar-refractivity contribution is 5.71. The second-order valence-corrected chi connectivity index (χ2v) is 3.23. The van der Waals surface area contributed by atoms with Crippen molar-refractivity contribution in [1.82, 2.24) is 0 Å². The Balaban J connectivity index is 0. The van der Waals surface area contributed by atoms with Gasteiger partial charge < -0.3 is 19.8 Å². The molecule has 0 saturated heterocycles. The van der Waals surface area contributed by atoms with E-state index in [1.807, 2.05) is 24.6 Å². The molecule has 2 rings (SSSR count). The van der Waals surface area contributed by atoms with Crippen LogP contribution in [0.15, 0.2) is 34.8 Å². The van der Waals surface area contributed by atoms with Crippen LogP contribution in [0.1, 0.15) is 0 Å². The van der Waals surface area contributed by atoms with Gasteiger partial charge in [0.15, 0.2) is 0 Å². The highest BCUT2D eigenvalue weighted by Gasteiger charge is 2.29. The first-order chi connectivity index (χ1) is 10.9. The summed E-state index contributed by atoms with van der Waals surface area (Å²) >= 11 is 0. The monoisotopic (exact) mass is 364 g/mol. The van der Waals surface area contributed by atoms with Gasteiger partial charge in [-0.2, -0.15) is 37.2 Å². The third kappa shape index (κ3) is 17.3. The summed E-state index contributed by atoms with van der Waals surface area (Å²) in [6, 6.07) is 0. The lowest BCUT2D eigenvalue weighted by Crippen LogP contribution is -2.69. The van der Waals surface area contributed by atoms with E-state index in [9.17, 15) is 26.3 Å². The molecule has 2 aliphatic heterocycles. The molecule has 0 amide bonds. The van der Waals surface area contributed by atoms with Crippen LogP contribution >= 0.6 is 0 Å². The first-order valence-corrected chi connectivity index (χ1v) is 5.48. The summed E-state index contributed by atoms with van der Waals surface area (Å²) in [5, 5.41) is 25.0. The Morgan fingerprint density at radius 1 is 0.750 bits per heavy atom. The Morgan fingerprint density at radius 3 is 1.04 bits per heavy atom. The largest absolute Gasteiger partial charge is 0.542 e. The van der Waals surface area contributed by atoms with Gasteiger partial charge in [-0.1, -0.05) is 10.2 Å². The van der Waals surface area contributed by atoms with Crippen molar-refractivity contribution in [3.8, 4) is 0 Å². The molecule has 24 heavy (non-hydrogen) atoms. The van der Waals surface area contributed by atoms with Crippen LogP contribution in [0.4, 0.5) is 26.3 Å². The molecule has 0 spiro atoms. The van der Waals surface area contributed by atoms with Crippen molar-refractivity contribution in [2.75, 3.05) is 0 Å². The smallest absolute Gasteiger partial charge is 0.430 e. The summed E-state index contributed by atoms with van der Waals surface area (Å²) in [5.74, 6) is -6.01. The number of carboxylic acid groups (broad SMARTS) is 2. The topological polar surface area (TPSA) is 138 Å². The van der Waals surface area contributed by atoms with Crippen molar-refractivity contribution >= 4 is 24.4 Å². The van der Waals surface area contributed by atoms with E-state index in [0.29, 0.717) is 0 Å². The number of alkyl halides is 6. The maximum atomic E-state index is 10.5. The van der Waals surface area contributed by atoms with E-state index in [1.54, 1.807) is 23.3 Å². The normalized spacial score (nSPS) is 13.9. The number of nitrogens with zero attached hydrogens (tertiary/aromatic N) is 2. The number of carbonyl (C=O) groups excluding carboxylic acids is 2. The molecule has 2 aliphatic rings. The maximum Gasteiger partial charge on any atom is 0.430 e. The molecule has 14 heteroatoms. The van der Waals surface area contributed by atoms with Crippen molar-refractivity contribution in [2.24, 2.45) is 10.2 Å². The van der Waals surface area contributed by atoms with E-state index >= 15 is 0 Å². The predicted octanol–water partition coefficient (Wildman–Crippen LogP) is -3.28. The van der Waals surface area contributed by atoms with E-state index in [-0.39, 0.29) is 0 Å². The molecule has 8 nitrogen and oxygen atoms in total. The minimum absolute atomic E-state index is 1.75. The van der Waals surface area contributed by atoms with Crippen molar-refractivity contribution in [3.05, 3.63) is 24.6 Å². The fraction of sp³-hybridized carbons (Fsp3) is 0.200. The van der Waals surface area contributed by atoms with Crippen LogP contribution in [0.5, 0.6) is 0 Å². The third-order valence-electron chi connectivity index (χ3n) is 1.37. The zero-order chi connectivity index (χ0) is 19.2. The minimum Gasteiger partial charge on any atom is -0.542 e. The number of aliphatic carboxylic acids is 2. The van der Waals surface area contributed by atoms with Crippen molar-refractivity contribution in [3.63, 3.8) is 0 Å². The molecule has 0 saturated carbocycles. The Labute approximate surface area is 129 Å². The van der Waals surface area contributed by atoms with Crippen LogP contribution in [-0.2, 0) is 9.59 Å². The standard InChI is InChI=1S/2C3H4N2.2C2HF3O2/c2*1-2-4-5-3-1;2*3-2(4,5)1(6)7/h2*1-3H,(H,4,5);2*(H,6,7). The van der Waals surface area contributed by atoms with Gasteiger partial charge in [0, 0.05) is 12.2 Å². The molecule has 0 aromatic rings. The summed E-state index contributed by atoms with van der Waals surface area (Å²) in [6.45, 7) is 0. The summed E-state index contributed by atoms with van der Waals surface area (Å²) in [5.41, 5.74) is 3.50. The molecule has 0 radical (unpaired) electrons. The van der Waals surface area contributed by atoms with Gasteiger partial charge in [-0.25, -0.2) is 0 Å². The molecule has 0 atom stereocenters. The van der Waals surface area contributed by atoms with Crippen molar-refractivity contribution in [1.29, 1.82) is 0 Å². The summed E-state index contributed by atoms with van der Waals surface area (Å²) in [7, 11) is 0. The molecule has 0 aliphatic carbocycles. The Hall–Kier alpha value is -2.74. The minimum atomic E-state index is -5.19. The van der Waals surface area contributed by atoms with Crippen molar-refractivity contribution < 1.29 is 57.0 Å². The SMILES string of the molecule is C1=C[NH2+]N=C1.C1=C[NH2+]N=C1.O=C([O-])C(F)(F)F.O=C([O-])C(F)(F)F. The molecule has 0 aromatic heterocycles. The molecule has 0 aromatic carbocycles. The molecule has 0 unspecified atom stereocenters. The number of allylic oxidation sites excluding steroid dienone is 2. The number of hydrogen-bond donors (Lipinski definition) is 2. The number of quaternary nitrogens is 2. The number of carboxylic acids is 2. The molecule has 4 N–H and O–H groups in total. The van der Waals surface area contributed by atoms with Gasteiger partial charge in [0.05, 0.1) is 12.4 Å². The second-order valence-electron chi connectivity index (χ2n) is 3.23. The van der Waals surface area contributed by atoms with Crippen LogP contribution in [0, 0.1) is 0 Å². The van der Waals surface area contributed by atoms with Crippen LogP contribution in [-0.4, -0.2) is 36.7 Å². The van der Waals surface area contributed by atoms with Crippen molar-refractivity contribution in [2.45, 2.75) is 12.4 Å². The lowest BCUT2D eigenvalue weighted by atomic mass is 10.7. The van der Waals surface area contributed by atoms with Gasteiger partial charge in [0.1, 0.15) is 24.3 Å². The first-order valence-electron chi connectivity index (χ1n) is 5.48. The number of carbonyl (C=O) groups is 2. The van der Waals surface area contributed by atoms with Gasteiger partial charge >= 0.3 is 12.4 Å². The Morgan fingerprint density at radius 2 is 1.00 bits per heavy atom. The van der Waals surface area contributed by atoms with E-state index in [4.69, 9.17) is 19.8 Å². The highest BCUT2D eigenvalue weighted by atomic mass is 19.4. The molecule has 0 fully saturated rings. The van der Waals surface area contributed by atoms with Gasteiger partial charge in [-0.15, -0.1) is 0 Å². The van der Waals surface area contributed by atoms with Gasteiger partial charge in [0.2, 0.25) is 0 Å². The average molecular weight is 364 g/mol. The maximum absolute atomic E-state index is 10.5. The number of nitrogens with two attached hydrogens (primary N) is 2. The molecular formula is C10H10F6N4O4. The zero-order valence-corrected chi connectivity index (χ0v) is 11.4.